The van der Waals surface area contributed by atoms with Gasteiger partial charge in [0.15, 0.2) is 5.79 Å². The molecule has 0 aromatic rings. The average molecular weight is 268 g/mol. The number of likely N-dealkylation sites (N-methyl/N-ethyl adjacent to an activating group) is 1. The largest absolute Gasteiger partial charge is 0.370 e. The Morgan fingerprint density at radius 2 is 1.89 bits per heavy atom. The molecular weight excluding hydrogens is 240 g/mol. The van der Waals surface area contributed by atoms with Crippen molar-refractivity contribution in [2.24, 2.45) is 4.99 Å². The summed E-state index contributed by atoms with van der Waals surface area (Å²) >= 11 is 0. The smallest absolute Gasteiger partial charge is 0.186 e. The molecule has 0 aliphatic carbocycles. The summed E-state index contributed by atoms with van der Waals surface area (Å²) in [5, 5.41) is 10.1. The quantitative estimate of drug-likeness (QED) is 0.553. The highest BCUT2D eigenvalue weighted by Gasteiger charge is 2.28. The van der Waals surface area contributed by atoms with E-state index in [1.165, 1.54) is 0 Å². The van der Waals surface area contributed by atoms with Gasteiger partial charge in [-0.2, -0.15) is 0 Å². The lowest BCUT2D eigenvalue weighted by Gasteiger charge is -2.35. The van der Waals surface area contributed by atoms with E-state index >= 15 is 0 Å². The first-order valence-corrected chi connectivity index (χ1v) is 6.73. The van der Waals surface area contributed by atoms with Crippen molar-refractivity contribution in [3.05, 3.63) is 11.9 Å². The van der Waals surface area contributed by atoms with E-state index in [1.807, 2.05) is 19.3 Å². The lowest BCUT2D eigenvalue weighted by molar-refractivity contribution is 0.244. The molecule has 1 heterocycles. The fraction of sp³-hybridized carbons (Fsp3) is 0.769. The normalized spacial score (nSPS) is 22.6. The van der Waals surface area contributed by atoms with Gasteiger partial charge in [-0.05, 0) is 41.3 Å². The van der Waals surface area contributed by atoms with Crippen molar-refractivity contribution < 1.29 is 0 Å². The van der Waals surface area contributed by atoms with Crippen molar-refractivity contribution in [3.63, 3.8) is 0 Å². The zero-order chi connectivity index (χ0) is 14.3. The fourth-order valence-corrected chi connectivity index (χ4v) is 1.82. The molecule has 0 spiro atoms. The number of hydrogen-bond acceptors (Lipinski definition) is 6. The van der Waals surface area contributed by atoms with Crippen LogP contribution in [-0.4, -0.2) is 76.7 Å². The highest BCUT2D eigenvalue weighted by molar-refractivity contribution is 5.73. The SMILES string of the molecule is CNC1(CCN(C)C)N=CC=C(NCCN(C)C)N1. The summed E-state index contributed by atoms with van der Waals surface area (Å²) in [5.74, 6) is 0.615. The summed E-state index contributed by atoms with van der Waals surface area (Å²) in [6.45, 7) is 2.88. The Balaban J connectivity index is 2.50. The van der Waals surface area contributed by atoms with Crippen LogP contribution in [0.5, 0.6) is 0 Å². The summed E-state index contributed by atoms with van der Waals surface area (Å²) in [6, 6.07) is 0. The minimum Gasteiger partial charge on any atom is -0.370 e. The van der Waals surface area contributed by atoms with E-state index < -0.39 is 5.79 Å². The van der Waals surface area contributed by atoms with Crippen LogP contribution < -0.4 is 16.0 Å². The second-order valence-electron chi connectivity index (χ2n) is 5.38. The summed E-state index contributed by atoms with van der Waals surface area (Å²) in [6.07, 6.45) is 4.74. The third-order valence-corrected chi connectivity index (χ3v) is 3.09. The second-order valence-corrected chi connectivity index (χ2v) is 5.38. The van der Waals surface area contributed by atoms with Crippen molar-refractivity contribution in [1.29, 1.82) is 0 Å². The van der Waals surface area contributed by atoms with Crippen LogP contribution in [0.25, 0.3) is 0 Å². The number of aliphatic imine (C=N–C) groups is 1. The molecule has 6 nitrogen and oxygen atoms in total. The van der Waals surface area contributed by atoms with E-state index in [0.29, 0.717) is 0 Å². The van der Waals surface area contributed by atoms with E-state index in [0.717, 1.165) is 31.9 Å². The third-order valence-electron chi connectivity index (χ3n) is 3.09. The van der Waals surface area contributed by atoms with E-state index in [4.69, 9.17) is 0 Å². The topological polar surface area (TPSA) is 54.9 Å². The Hall–Kier alpha value is -1.11. The molecule has 0 aromatic heterocycles. The Morgan fingerprint density at radius 3 is 2.47 bits per heavy atom. The second kappa shape index (κ2) is 7.47. The Morgan fingerprint density at radius 1 is 1.21 bits per heavy atom. The number of rotatable bonds is 8. The standard InChI is InChI=1S/C13H28N6/c1-14-13(7-10-18(2)3)16-8-6-12(17-13)15-9-11-19(4)5/h6,8,14-15,17H,7,9-11H2,1-5H3. The van der Waals surface area contributed by atoms with Gasteiger partial charge >= 0.3 is 0 Å². The molecule has 1 unspecified atom stereocenters. The highest BCUT2D eigenvalue weighted by atomic mass is 15.4. The van der Waals surface area contributed by atoms with Crippen molar-refractivity contribution in [1.82, 2.24) is 25.8 Å². The number of nitrogens with one attached hydrogen (secondary N) is 3. The lowest BCUT2D eigenvalue weighted by atomic mass is 10.2. The van der Waals surface area contributed by atoms with Gasteiger partial charge in [-0.1, -0.05) is 0 Å². The molecule has 19 heavy (non-hydrogen) atoms. The molecule has 0 saturated carbocycles. The minimum absolute atomic E-state index is 0.403. The van der Waals surface area contributed by atoms with Crippen LogP contribution in [-0.2, 0) is 0 Å². The van der Waals surface area contributed by atoms with E-state index in [9.17, 15) is 0 Å². The van der Waals surface area contributed by atoms with Gasteiger partial charge in [-0.25, -0.2) is 0 Å². The number of nitrogens with zero attached hydrogens (tertiary/aromatic N) is 3. The summed E-state index contributed by atoms with van der Waals surface area (Å²) < 4.78 is 0. The average Bonchev–Trinajstić information content (AvgIpc) is 2.36. The molecule has 1 rings (SSSR count). The van der Waals surface area contributed by atoms with Crippen LogP contribution in [0.1, 0.15) is 6.42 Å². The first kappa shape index (κ1) is 15.9. The van der Waals surface area contributed by atoms with Crippen LogP contribution in [0.4, 0.5) is 0 Å². The molecule has 3 N–H and O–H groups in total. The fourth-order valence-electron chi connectivity index (χ4n) is 1.82. The van der Waals surface area contributed by atoms with Crippen LogP contribution in [0.15, 0.2) is 16.9 Å². The molecule has 0 radical (unpaired) electrons. The Kier molecular flexibility index (Phi) is 6.27. The highest BCUT2D eigenvalue weighted by Crippen LogP contribution is 2.13. The van der Waals surface area contributed by atoms with Gasteiger partial charge in [0.1, 0.15) is 5.82 Å². The van der Waals surface area contributed by atoms with Crippen LogP contribution in [0, 0.1) is 0 Å². The maximum atomic E-state index is 4.54. The molecule has 6 heteroatoms. The van der Waals surface area contributed by atoms with Gasteiger partial charge in [0.05, 0.1) is 0 Å². The van der Waals surface area contributed by atoms with Gasteiger partial charge in [0, 0.05) is 32.3 Å². The maximum absolute atomic E-state index is 4.54. The van der Waals surface area contributed by atoms with Crippen molar-refractivity contribution in [2.75, 3.05) is 54.9 Å². The number of allylic oxidation sites excluding steroid dienone is 1. The van der Waals surface area contributed by atoms with Crippen molar-refractivity contribution in [3.8, 4) is 0 Å². The van der Waals surface area contributed by atoms with Gasteiger partial charge in [-0.3, -0.25) is 10.3 Å². The predicted molar refractivity (Wildman–Crippen MR) is 81.2 cm³/mol. The Labute approximate surface area is 116 Å². The van der Waals surface area contributed by atoms with E-state index in [1.54, 1.807) is 0 Å². The zero-order valence-electron chi connectivity index (χ0n) is 12.8. The molecule has 0 aromatic carbocycles. The minimum atomic E-state index is -0.403. The van der Waals surface area contributed by atoms with Gasteiger partial charge in [0.25, 0.3) is 0 Å². The molecule has 1 atom stereocenters. The van der Waals surface area contributed by atoms with E-state index in [2.05, 4.69) is 58.9 Å². The molecule has 0 amide bonds. The van der Waals surface area contributed by atoms with Crippen molar-refractivity contribution in [2.45, 2.75) is 12.2 Å². The van der Waals surface area contributed by atoms with E-state index in [-0.39, 0.29) is 0 Å². The molecule has 0 fully saturated rings. The summed E-state index contributed by atoms with van der Waals surface area (Å²) in [7, 11) is 10.2. The first-order valence-electron chi connectivity index (χ1n) is 6.73. The van der Waals surface area contributed by atoms with Crippen LogP contribution in [0.3, 0.4) is 0 Å². The van der Waals surface area contributed by atoms with Crippen LogP contribution in [0.2, 0.25) is 0 Å². The monoisotopic (exact) mass is 268 g/mol. The number of hydrogen-bond donors (Lipinski definition) is 3. The molecule has 110 valence electrons. The summed E-state index contributed by atoms with van der Waals surface area (Å²) in [4.78, 5) is 8.86. The molecular formula is C13H28N6. The lowest BCUT2D eigenvalue weighted by Crippen LogP contribution is -2.58. The van der Waals surface area contributed by atoms with Gasteiger partial charge < -0.3 is 20.4 Å². The van der Waals surface area contributed by atoms with Gasteiger partial charge in [0.2, 0.25) is 0 Å². The third kappa shape index (κ3) is 5.59. The molecule has 1 aliphatic heterocycles. The van der Waals surface area contributed by atoms with Gasteiger partial charge in [-0.15, -0.1) is 0 Å². The first-order chi connectivity index (χ1) is 8.97. The van der Waals surface area contributed by atoms with Crippen molar-refractivity contribution >= 4 is 6.21 Å². The van der Waals surface area contributed by atoms with Crippen LogP contribution >= 0.6 is 0 Å². The zero-order valence-corrected chi connectivity index (χ0v) is 12.8. The Bertz CT molecular complexity index is 323. The predicted octanol–water partition coefficient (Wildman–Crippen LogP) is -0.522. The molecule has 0 saturated heterocycles. The molecule has 0 bridgehead atoms. The maximum Gasteiger partial charge on any atom is 0.186 e. The summed E-state index contributed by atoms with van der Waals surface area (Å²) in [5.41, 5.74) is 0. The molecule has 1 aliphatic rings.